The van der Waals surface area contributed by atoms with E-state index < -0.39 is 0 Å². The van der Waals surface area contributed by atoms with Gasteiger partial charge in [-0.1, -0.05) is 0 Å². The summed E-state index contributed by atoms with van der Waals surface area (Å²) in [6, 6.07) is 12.0. The maximum absolute atomic E-state index is 13.8. The molecule has 0 atom stereocenters. The lowest BCUT2D eigenvalue weighted by Gasteiger charge is -2.06. The zero-order chi connectivity index (χ0) is 19.0. The first-order valence-corrected chi connectivity index (χ1v) is 8.41. The molecule has 0 aliphatic heterocycles. The van der Waals surface area contributed by atoms with E-state index in [1.807, 2.05) is 0 Å². The number of nitrogens with two attached hydrogens (primary N) is 1. The molecule has 0 fully saturated rings. The first-order valence-electron chi connectivity index (χ1n) is 8.41. The van der Waals surface area contributed by atoms with Crippen LogP contribution in [0, 0.1) is 11.6 Å². The third-order valence-corrected chi connectivity index (χ3v) is 4.50. The number of nitrogens with zero attached hydrogens (tertiary/aromatic N) is 2. The number of hydrogen-bond acceptors (Lipinski definition) is 3. The number of nitrogen functional groups attached to an aromatic ring is 1. The maximum atomic E-state index is 13.8. The van der Waals surface area contributed by atoms with E-state index in [1.54, 1.807) is 24.3 Å². The molecule has 0 saturated heterocycles. The Balaban J connectivity index is 1.74. The number of aryl methyl sites for hydroxylation is 1. The van der Waals surface area contributed by atoms with Gasteiger partial charge in [-0.3, -0.25) is 4.79 Å². The van der Waals surface area contributed by atoms with Gasteiger partial charge in [-0.05, 0) is 60.0 Å². The summed E-state index contributed by atoms with van der Waals surface area (Å²) in [5, 5.41) is 4.61. The fourth-order valence-electron chi connectivity index (χ4n) is 3.20. The maximum Gasteiger partial charge on any atom is 0.249 e. The van der Waals surface area contributed by atoms with Crippen molar-refractivity contribution in [3.8, 4) is 11.3 Å². The highest BCUT2D eigenvalue weighted by atomic mass is 19.1. The Labute approximate surface area is 153 Å². The van der Waals surface area contributed by atoms with E-state index in [0.29, 0.717) is 11.8 Å². The average Bonchev–Trinajstić information content (AvgIpc) is 3.24. The summed E-state index contributed by atoms with van der Waals surface area (Å²) < 4.78 is 28.2. The van der Waals surface area contributed by atoms with Gasteiger partial charge in [0.1, 0.15) is 17.5 Å². The van der Waals surface area contributed by atoms with Crippen LogP contribution >= 0.6 is 0 Å². The van der Waals surface area contributed by atoms with Crippen molar-refractivity contribution in [2.75, 3.05) is 5.73 Å². The quantitative estimate of drug-likeness (QED) is 0.569. The topological polar surface area (TPSA) is 76.7 Å². The first kappa shape index (κ1) is 17.0. The number of H-pyrrole nitrogens is 1. The van der Waals surface area contributed by atoms with E-state index in [0.717, 1.165) is 27.0 Å². The van der Waals surface area contributed by atoms with Crippen molar-refractivity contribution in [3.05, 3.63) is 71.9 Å². The molecule has 0 unspecified atom stereocenters. The van der Waals surface area contributed by atoms with Gasteiger partial charge in [0.05, 0.1) is 6.20 Å². The van der Waals surface area contributed by atoms with Crippen LogP contribution in [0.1, 0.15) is 16.8 Å². The Morgan fingerprint density at radius 3 is 2.52 bits per heavy atom. The first-order chi connectivity index (χ1) is 13.0. The van der Waals surface area contributed by atoms with Crippen LogP contribution in [0.25, 0.3) is 22.2 Å². The minimum Gasteiger partial charge on any atom is -0.383 e. The molecule has 4 aromatic rings. The fourth-order valence-corrected chi connectivity index (χ4v) is 3.20. The molecule has 3 N–H and O–H groups in total. The van der Waals surface area contributed by atoms with Gasteiger partial charge in [0.25, 0.3) is 0 Å². The summed E-state index contributed by atoms with van der Waals surface area (Å²) in [5.74, 6) is -0.695. The van der Waals surface area contributed by atoms with Crippen molar-refractivity contribution < 1.29 is 13.6 Å². The van der Waals surface area contributed by atoms with Gasteiger partial charge in [-0.2, -0.15) is 9.78 Å². The number of aromatic amines is 1. The van der Waals surface area contributed by atoms with Crippen molar-refractivity contribution >= 4 is 22.6 Å². The highest BCUT2D eigenvalue weighted by Gasteiger charge is 2.17. The van der Waals surface area contributed by atoms with Gasteiger partial charge < -0.3 is 10.7 Å². The van der Waals surface area contributed by atoms with E-state index in [1.165, 1.54) is 30.5 Å². The van der Waals surface area contributed by atoms with E-state index >= 15 is 0 Å². The summed E-state index contributed by atoms with van der Waals surface area (Å²) in [4.78, 5) is 15.7. The van der Waals surface area contributed by atoms with Crippen molar-refractivity contribution in [2.24, 2.45) is 0 Å². The summed E-state index contributed by atoms with van der Waals surface area (Å²) >= 11 is 0. The van der Waals surface area contributed by atoms with Gasteiger partial charge in [-0.25, -0.2) is 8.78 Å². The van der Waals surface area contributed by atoms with E-state index in [4.69, 9.17) is 5.73 Å². The number of halogens is 2. The predicted octanol–water partition coefficient (Wildman–Crippen LogP) is 4.16. The highest BCUT2D eigenvalue weighted by Crippen LogP contribution is 2.32. The molecular formula is C20H16F2N4O. The number of benzene rings is 2. The van der Waals surface area contributed by atoms with Gasteiger partial charge in [0, 0.05) is 29.1 Å². The third kappa shape index (κ3) is 3.19. The number of nitrogens with one attached hydrogen (secondary N) is 1. The number of rotatable bonds is 4. The van der Waals surface area contributed by atoms with Crippen molar-refractivity contribution in [3.63, 3.8) is 0 Å². The molecule has 27 heavy (non-hydrogen) atoms. The molecule has 2 aromatic heterocycles. The molecule has 0 radical (unpaired) electrons. The lowest BCUT2D eigenvalue weighted by atomic mass is 10.0. The van der Waals surface area contributed by atoms with E-state index in [-0.39, 0.29) is 29.8 Å². The Kier molecular flexibility index (Phi) is 4.19. The number of anilines is 1. The van der Waals surface area contributed by atoms with Crippen molar-refractivity contribution in [2.45, 2.75) is 12.8 Å². The lowest BCUT2D eigenvalue weighted by Crippen LogP contribution is -2.15. The smallest absolute Gasteiger partial charge is 0.249 e. The number of carbonyl (C=O) groups is 1. The second kappa shape index (κ2) is 6.68. The standard InChI is InChI=1S/C20H16F2N4O/c21-13-3-1-12(2-4-13)20-15(16-11-14(22)5-7-17(16)25-20)6-8-19(27)26-18(23)9-10-24-26/h1-5,7,9-11,25H,6,8,23H2. The summed E-state index contributed by atoms with van der Waals surface area (Å²) in [7, 11) is 0. The number of aromatic nitrogens is 3. The third-order valence-electron chi connectivity index (χ3n) is 4.50. The molecule has 0 aliphatic carbocycles. The molecule has 2 heterocycles. The molecule has 4 rings (SSSR count). The summed E-state index contributed by atoms with van der Waals surface area (Å²) in [6.07, 6.45) is 1.95. The Hall–Kier alpha value is -3.48. The molecule has 0 bridgehead atoms. The van der Waals surface area contributed by atoms with Crippen LogP contribution in [0.4, 0.5) is 14.6 Å². The molecule has 136 valence electrons. The van der Waals surface area contributed by atoms with Crippen LogP contribution in [-0.2, 0) is 6.42 Å². The van der Waals surface area contributed by atoms with Crippen LogP contribution in [0.15, 0.2) is 54.7 Å². The van der Waals surface area contributed by atoms with Gasteiger partial charge in [0.15, 0.2) is 0 Å². The number of fused-ring (bicyclic) bond motifs is 1. The molecule has 0 spiro atoms. The molecular weight excluding hydrogens is 350 g/mol. The Morgan fingerprint density at radius 1 is 1.07 bits per heavy atom. The van der Waals surface area contributed by atoms with Crippen LogP contribution in [0.5, 0.6) is 0 Å². The van der Waals surface area contributed by atoms with Crippen molar-refractivity contribution in [1.82, 2.24) is 14.8 Å². The normalized spacial score (nSPS) is 11.2. The number of carbonyl (C=O) groups excluding carboxylic acids is 1. The lowest BCUT2D eigenvalue weighted by molar-refractivity contribution is 0.0890. The van der Waals surface area contributed by atoms with Crippen molar-refractivity contribution in [1.29, 1.82) is 0 Å². The molecule has 7 heteroatoms. The van der Waals surface area contributed by atoms with Gasteiger partial charge in [0.2, 0.25) is 5.91 Å². The summed E-state index contributed by atoms with van der Waals surface area (Å²) in [6.45, 7) is 0. The molecule has 0 aliphatic rings. The molecule has 0 amide bonds. The molecule has 2 aromatic carbocycles. The van der Waals surface area contributed by atoms with Crippen LogP contribution in [0.3, 0.4) is 0 Å². The monoisotopic (exact) mass is 366 g/mol. The van der Waals surface area contributed by atoms with E-state index in [2.05, 4.69) is 10.1 Å². The average molecular weight is 366 g/mol. The zero-order valence-corrected chi connectivity index (χ0v) is 14.2. The Bertz CT molecular complexity index is 1130. The highest BCUT2D eigenvalue weighted by molar-refractivity contribution is 5.91. The van der Waals surface area contributed by atoms with Crippen LogP contribution in [0.2, 0.25) is 0 Å². The summed E-state index contributed by atoms with van der Waals surface area (Å²) in [5.41, 5.74) is 8.75. The minimum atomic E-state index is -0.365. The molecule has 5 nitrogen and oxygen atoms in total. The number of hydrogen-bond donors (Lipinski definition) is 2. The second-order valence-electron chi connectivity index (χ2n) is 6.24. The SMILES string of the molecule is Nc1ccnn1C(=O)CCc1c(-c2ccc(F)cc2)[nH]c2ccc(F)cc12. The Morgan fingerprint density at radius 2 is 1.81 bits per heavy atom. The predicted molar refractivity (Wildman–Crippen MR) is 99.2 cm³/mol. The minimum absolute atomic E-state index is 0.142. The molecule has 0 saturated carbocycles. The largest absolute Gasteiger partial charge is 0.383 e. The second-order valence-corrected chi connectivity index (χ2v) is 6.24. The zero-order valence-electron chi connectivity index (χ0n) is 14.2. The van der Waals surface area contributed by atoms with Crippen LogP contribution < -0.4 is 5.73 Å². The van der Waals surface area contributed by atoms with E-state index in [9.17, 15) is 13.6 Å². The van der Waals surface area contributed by atoms with Gasteiger partial charge >= 0.3 is 0 Å². The fraction of sp³-hybridized carbons (Fsp3) is 0.100. The van der Waals surface area contributed by atoms with Crippen LogP contribution in [-0.4, -0.2) is 20.7 Å². The van der Waals surface area contributed by atoms with Gasteiger partial charge in [-0.15, -0.1) is 0 Å².